The van der Waals surface area contributed by atoms with Gasteiger partial charge in [0.05, 0.1) is 5.69 Å². The van der Waals surface area contributed by atoms with Crippen molar-refractivity contribution in [3.05, 3.63) is 54.5 Å². The van der Waals surface area contributed by atoms with Crippen LogP contribution in [0.25, 0.3) is 10.9 Å². The van der Waals surface area contributed by atoms with Gasteiger partial charge in [0.15, 0.2) is 5.75 Å². The number of ether oxygens (including phenoxy) is 1. The van der Waals surface area contributed by atoms with Crippen LogP contribution in [0.5, 0.6) is 11.8 Å². The molecule has 5 heteroatoms. The van der Waals surface area contributed by atoms with Crippen molar-refractivity contribution in [2.45, 2.75) is 6.54 Å². The zero-order chi connectivity index (χ0) is 13.1. The van der Waals surface area contributed by atoms with Crippen LogP contribution in [0.4, 0.5) is 0 Å². The lowest BCUT2D eigenvalue weighted by molar-refractivity contribution is 0.443. The molecule has 0 bridgehead atoms. The van der Waals surface area contributed by atoms with Gasteiger partial charge >= 0.3 is 6.01 Å². The van der Waals surface area contributed by atoms with Crippen LogP contribution in [0.1, 0.15) is 5.69 Å². The maximum atomic E-state index is 5.69. The second-order valence-corrected chi connectivity index (χ2v) is 3.97. The van der Waals surface area contributed by atoms with Crippen LogP contribution in [0, 0.1) is 0 Å². The lowest BCUT2D eigenvalue weighted by atomic mass is 10.2. The molecule has 2 N–H and O–H groups in total. The van der Waals surface area contributed by atoms with Crippen LogP contribution < -0.4 is 10.5 Å². The summed E-state index contributed by atoms with van der Waals surface area (Å²) in [4.78, 5) is 12.6. The zero-order valence-corrected chi connectivity index (χ0v) is 10.2. The second-order valence-electron chi connectivity index (χ2n) is 3.97. The van der Waals surface area contributed by atoms with Gasteiger partial charge in [0.2, 0.25) is 0 Å². The van der Waals surface area contributed by atoms with Crippen molar-refractivity contribution >= 4 is 10.9 Å². The van der Waals surface area contributed by atoms with E-state index in [9.17, 15) is 0 Å². The summed E-state index contributed by atoms with van der Waals surface area (Å²) in [6.07, 6.45) is 3.36. The van der Waals surface area contributed by atoms with Gasteiger partial charge in [-0.3, -0.25) is 4.98 Å². The Bertz CT molecular complexity index is 709. The number of benzene rings is 1. The van der Waals surface area contributed by atoms with Crippen molar-refractivity contribution in [2.24, 2.45) is 5.73 Å². The molecule has 0 amide bonds. The van der Waals surface area contributed by atoms with E-state index in [-0.39, 0.29) is 6.01 Å². The normalized spacial score (nSPS) is 10.6. The van der Waals surface area contributed by atoms with Crippen molar-refractivity contribution < 1.29 is 4.74 Å². The third kappa shape index (κ3) is 2.36. The monoisotopic (exact) mass is 252 g/mol. The number of aromatic nitrogens is 3. The minimum atomic E-state index is 0.279. The molecule has 2 heterocycles. The Kier molecular flexibility index (Phi) is 3.04. The Labute approximate surface area is 110 Å². The first-order valence-corrected chi connectivity index (χ1v) is 5.90. The maximum absolute atomic E-state index is 5.69. The van der Waals surface area contributed by atoms with Crippen LogP contribution in [0.2, 0.25) is 0 Å². The Hall–Kier alpha value is -2.53. The number of rotatable bonds is 3. The van der Waals surface area contributed by atoms with E-state index in [0.29, 0.717) is 12.3 Å². The Morgan fingerprint density at radius 1 is 1.00 bits per heavy atom. The number of fused-ring (bicyclic) bond motifs is 1. The van der Waals surface area contributed by atoms with Gasteiger partial charge in [0.1, 0.15) is 5.52 Å². The topological polar surface area (TPSA) is 73.9 Å². The van der Waals surface area contributed by atoms with Gasteiger partial charge in [-0.25, -0.2) is 4.98 Å². The lowest BCUT2D eigenvalue weighted by Gasteiger charge is -2.06. The molecule has 0 saturated heterocycles. The molecule has 0 saturated carbocycles. The van der Waals surface area contributed by atoms with Crippen molar-refractivity contribution in [2.75, 3.05) is 0 Å². The Morgan fingerprint density at radius 3 is 2.79 bits per heavy atom. The number of hydrogen-bond acceptors (Lipinski definition) is 5. The minimum Gasteiger partial charge on any atom is -0.422 e. The molecule has 0 aliphatic rings. The predicted molar refractivity (Wildman–Crippen MR) is 71.7 cm³/mol. The second kappa shape index (κ2) is 4.99. The third-order valence-corrected chi connectivity index (χ3v) is 2.70. The molecule has 0 atom stereocenters. The Balaban J connectivity index is 2.01. The van der Waals surface area contributed by atoms with Crippen molar-refractivity contribution in [3.8, 4) is 11.8 Å². The van der Waals surface area contributed by atoms with E-state index < -0.39 is 0 Å². The summed E-state index contributed by atoms with van der Waals surface area (Å²) in [5, 5.41) is 1.01. The highest BCUT2D eigenvalue weighted by Gasteiger charge is 2.06. The zero-order valence-electron chi connectivity index (χ0n) is 10.2. The van der Waals surface area contributed by atoms with Crippen molar-refractivity contribution in [3.63, 3.8) is 0 Å². The number of hydrogen-bond donors (Lipinski definition) is 1. The summed E-state index contributed by atoms with van der Waals surface area (Å²) in [5.41, 5.74) is 7.06. The fourth-order valence-corrected chi connectivity index (χ4v) is 1.80. The van der Waals surface area contributed by atoms with Gasteiger partial charge in [0, 0.05) is 24.3 Å². The number of nitrogens with two attached hydrogens (primary N) is 1. The average molecular weight is 252 g/mol. The summed E-state index contributed by atoms with van der Waals surface area (Å²) >= 11 is 0. The number of nitrogens with zero attached hydrogens (tertiary/aromatic N) is 3. The number of pyridine rings is 1. The molecule has 0 spiro atoms. The fraction of sp³-hybridized carbons (Fsp3) is 0.0714. The van der Waals surface area contributed by atoms with E-state index in [1.54, 1.807) is 18.5 Å². The average Bonchev–Trinajstić information content (AvgIpc) is 2.48. The number of para-hydroxylation sites is 1. The lowest BCUT2D eigenvalue weighted by Crippen LogP contribution is -2.01. The minimum absolute atomic E-state index is 0.279. The highest BCUT2D eigenvalue weighted by Crippen LogP contribution is 2.26. The van der Waals surface area contributed by atoms with Gasteiger partial charge in [0.25, 0.3) is 0 Å². The summed E-state index contributed by atoms with van der Waals surface area (Å²) in [7, 11) is 0. The molecule has 1 aromatic carbocycles. The van der Waals surface area contributed by atoms with E-state index in [1.165, 1.54) is 0 Å². The van der Waals surface area contributed by atoms with Crippen LogP contribution in [-0.4, -0.2) is 15.0 Å². The molecular formula is C14H12N4O. The molecule has 5 nitrogen and oxygen atoms in total. The predicted octanol–water partition coefficient (Wildman–Crippen LogP) is 2.28. The highest BCUT2D eigenvalue weighted by atomic mass is 16.5. The first kappa shape index (κ1) is 11.6. The van der Waals surface area contributed by atoms with Crippen molar-refractivity contribution in [1.82, 2.24) is 15.0 Å². The largest absolute Gasteiger partial charge is 0.422 e. The summed E-state index contributed by atoms with van der Waals surface area (Å²) in [6.45, 7) is 0.354. The Morgan fingerprint density at radius 2 is 1.89 bits per heavy atom. The molecule has 0 unspecified atom stereocenters. The summed E-state index contributed by atoms with van der Waals surface area (Å²) in [6, 6.07) is 11.6. The SMILES string of the molecule is NCc1ccnc(Oc2cccc3cccnc23)n1. The molecule has 0 fully saturated rings. The van der Waals surface area contributed by atoms with Gasteiger partial charge < -0.3 is 10.5 Å². The molecule has 2 aromatic heterocycles. The van der Waals surface area contributed by atoms with E-state index >= 15 is 0 Å². The van der Waals surface area contributed by atoms with Gasteiger partial charge in [-0.2, -0.15) is 4.98 Å². The van der Waals surface area contributed by atoms with Crippen LogP contribution in [0.15, 0.2) is 48.8 Å². The summed E-state index contributed by atoms with van der Waals surface area (Å²) in [5.74, 6) is 0.632. The molecule has 3 aromatic rings. The van der Waals surface area contributed by atoms with Gasteiger partial charge in [-0.15, -0.1) is 0 Å². The molecule has 0 aliphatic carbocycles. The molecule has 0 aliphatic heterocycles. The van der Waals surface area contributed by atoms with Crippen LogP contribution in [0.3, 0.4) is 0 Å². The maximum Gasteiger partial charge on any atom is 0.322 e. The molecule has 94 valence electrons. The van der Waals surface area contributed by atoms with Crippen LogP contribution >= 0.6 is 0 Å². The quantitative estimate of drug-likeness (QED) is 0.774. The third-order valence-electron chi connectivity index (χ3n) is 2.70. The van der Waals surface area contributed by atoms with E-state index in [2.05, 4.69) is 15.0 Å². The molecule has 19 heavy (non-hydrogen) atoms. The summed E-state index contributed by atoms with van der Waals surface area (Å²) < 4.78 is 5.69. The van der Waals surface area contributed by atoms with E-state index in [1.807, 2.05) is 30.3 Å². The smallest absolute Gasteiger partial charge is 0.322 e. The van der Waals surface area contributed by atoms with Gasteiger partial charge in [-0.05, 0) is 18.2 Å². The van der Waals surface area contributed by atoms with Gasteiger partial charge in [-0.1, -0.05) is 18.2 Å². The molecule has 3 rings (SSSR count). The molecular weight excluding hydrogens is 240 g/mol. The first-order valence-electron chi connectivity index (χ1n) is 5.90. The highest BCUT2D eigenvalue weighted by molar-refractivity contribution is 5.84. The fourth-order valence-electron chi connectivity index (χ4n) is 1.80. The first-order chi connectivity index (χ1) is 9.36. The van der Waals surface area contributed by atoms with Crippen LogP contribution in [-0.2, 0) is 6.54 Å². The van der Waals surface area contributed by atoms with E-state index in [0.717, 1.165) is 16.6 Å². The molecule has 0 radical (unpaired) electrons. The standard InChI is InChI=1S/C14H12N4O/c15-9-11-6-8-17-14(18-11)19-12-5-1-3-10-4-2-7-16-13(10)12/h1-8H,9,15H2. The van der Waals surface area contributed by atoms with Crippen molar-refractivity contribution in [1.29, 1.82) is 0 Å². The van der Waals surface area contributed by atoms with E-state index in [4.69, 9.17) is 10.5 Å².